The van der Waals surface area contributed by atoms with Crippen LogP contribution in [0, 0.1) is 36.5 Å². The van der Waals surface area contributed by atoms with E-state index >= 15 is 14.4 Å². The van der Waals surface area contributed by atoms with Gasteiger partial charge in [-0.05, 0) is 38.0 Å². The van der Waals surface area contributed by atoms with Gasteiger partial charge in [0.25, 0.3) is 17.6 Å². The highest BCUT2D eigenvalue weighted by molar-refractivity contribution is 7.10. The van der Waals surface area contributed by atoms with Crippen molar-refractivity contribution in [1.82, 2.24) is 20.3 Å². The number of nitrogens with zero attached hydrogens (tertiary/aromatic N) is 5. The molecule has 1 aromatic heterocycles. The highest BCUT2D eigenvalue weighted by Crippen LogP contribution is 2.52. The Morgan fingerprint density at radius 3 is 2.23 bits per heavy atom. The number of hydrogen-bond acceptors (Lipinski definition) is 21. The Bertz CT molecular complexity index is 3580. The zero-order valence-corrected chi connectivity index (χ0v) is 55.0. The molecule has 0 spiro atoms. The molecule has 2 amide bonds. The Morgan fingerprint density at radius 2 is 1.60 bits per heavy atom. The maximum Gasteiger partial charge on any atom is 0.354 e. The first-order valence-electron chi connectivity index (χ1n) is 28.3. The quantitative estimate of drug-likeness (QED) is 0.0263. The number of aromatic nitrogens is 2. The van der Waals surface area contributed by atoms with Gasteiger partial charge in [-0.2, -0.15) is 5.10 Å². The lowest BCUT2D eigenvalue weighted by Gasteiger charge is -2.40. The third kappa shape index (κ3) is 14.2. The molecular weight excluding hydrogens is 1200 g/mol. The van der Waals surface area contributed by atoms with Gasteiger partial charge in [0.15, 0.2) is 17.1 Å². The number of Topliss-reactive ketones (excluding diaryl/α,β-unsaturated/α-hetero) is 1. The van der Waals surface area contributed by atoms with E-state index in [0.29, 0.717) is 19.0 Å². The van der Waals surface area contributed by atoms with Gasteiger partial charge in [0.2, 0.25) is 5.43 Å². The van der Waals surface area contributed by atoms with Crippen LogP contribution in [0.4, 0.5) is 11.4 Å². The zero-order chi connectivity index (χ0) is 63.2. The maximum absolute atomic E-state index is 15.7. The number of allylic oxidation sites excluding steroid dienone is 2. The van der Waals surface area contributed by atoms with Gasteiger partial charge in [0.1, 0.15) is 46.8 Å². The molecule has 13 atom stereocenters. The number of pyridine rings is 1. The van der Waals surface area contributed by atoms with Crippen molar-refractivity contribution in [3.8, 4) is 28.7 Å². The number of carbonyl (C=O) groups is 5. The van der Waals surface area contributed by atoms with Crippen LogP contribution in [0.3, 0.4) is 0 Å². The van der Waals surface area contributed by atoms with Gasteiger partial charge >= 0.3 is 17.7 Å². The second-order valence-electron chi connectivity index (χ2n) is 22.4. The van der Waals surface area contributed by atoms with Gasteiger partial charge in [-0.3, -0.25) is 33.9 Å². The summed E-state index contributed by atoms with van der Waals surface area (Å²) in [7, 11) is 10.5. The number of fused-ring (bicyclic) bond motifs is 14. The fraction of sp³-hybridized carbons (Fsp3) is 0.450. The number of piperazine rings is 1. The normalized spacial score (nSPS) is 25.6. The summed E-state index contributed by atoms with van der Waals surface area (Å²) in [5.41, 5.74) is 1.97. The molecule has 6 aliphatic rings. The second-order valence-corrected chi connectivity index (χ2v) is 23.4. The van der Waals surface area contributed by atoms with Crippen LogP contribution in [0.1, 0.15) is 88.6 Å². The largest absolute Gasteiger partial charge is 0.479 e. The number of hydrazone groups is 1. The lowest BCUT2D eigenvalue weighted by atomic mass is 9.78. The molecule has 1 saturated heterocycles. The molecule has 87 heavy (non-hydrogen) atoms. The minimum absolute atomic E-state index is 0.00909. The Kier molecular flexibility index (Phi) is 21.9. The molecule has 2 N–H and O–H groups in total. The van der Waals surface area contributed by atoms with Gasteiger partial charge in [-0.25, -0.2) is 15.2 Å². The first-order valence-corrected chi connectivity index (χ1v) is 30.1. The summed E-state index contributed by atoms with van der Waals surface area (Å²) in [5.74, 6) is -7.31. The summed E-state index contributed by atoms with van der Waals surface area (Å²) < 4.78 is 61.4. The fourth-order valence-corrected chi connectivity index (χ4v) is 13.0. The topological polar surface area (TPSA) is 267 Å². The molecule has 3 aromatic rings. The zero-order valence-electron chi connectivity index (χ0n) is 50.4. The number of anilines is 2. The average Bonchev–Trinajstić information content (AvgIpc) is 1.69. The number of amides is 2. The number of carbonyl (C=O) groups excluding carboxylic acids is 5. The van der Waals surface area contributed by atoms with Crippen molar-refractivity contribution in [3.05, 3.63) is 99.7 Å². The van der Waals surface area contributed by atoms with E-state index in [0.717, 1.165) is 25.3 Å². The summed E-state index contributed by atoms with van der Waals surface area (Å²) in [6.07, 6.45) is 7.64. The lowest BCUT2D eigenvalue weighted by Crippen LogP contribution is -2.47. The minimum atomic E-state index is -2.08. The van der Waals surface area contributed by atoms with E-state index in [9.17, 15) is 14.4 Å². The third-order valence-corrected chi connectivity index (χ3v) is 17.1. The van der Waals surface area contributed by atoms with Crippen LogP contribution in [0.25, 0.3) is 33.3 Å². The van der Waals surface area contributed by atoms with Crippen molar-refractivity contribution in [2.75, 3.05) is 56.7 Å². The van der Waals surface area contributed by atoms with Crippen LogP contribution >= 0.6 is 37.9 Å². The molecule has 466 valence electrons. The van der Waals surface area contributed by atoms with E-state index in [1.54, 1.807) is 31.2 Å². The Morgan fingerprint density at radius 1 is 0.908 bits per heavy atom. The third-order valence-electron chi connectivity index (χ3n) is 16.0. The Labute approximate surface area is 513 Å². The van der Waals surface area contributed by atoms with Gasteiger partial charge < -0.3 is 56.4 Å². The van der Waals surface area contributed by atoms with Crippen molar-refractivity contribution >= 4 is 106 Å². The van der Waals surface area contributed by atoms with Gasteiger partial charge in [0.05, 0.1) is 60.0 Å². The number of nitrogens with one attached hydrogen (secondary N) is 2. The fourth-order valence-electron chi connectivity index (χ4n) is 11.5. The second kappa shape index (κ2) is 28.7. The van der Waals surface area contributed by atoms with Crippen molar-refractivity contribution in [2.24, 2.45) is 34.7 Å². The molecule has 0 saturated carbocycles. The first-order chi connectivity index (χ1) is 41.5. The first kappa shape index (κ1) is 66.4. The van der Waals surface area contributed by atoms with Crippen LogP contribution < -0.4 is 34.9 Å². The number of esters is 2. The summed E-state index contributed by atoms with van der Waals surface area (Å²) in [5, 5.41) is 6.48. The molecule has 0 radical (unpaired) electrons. The molecule has 23 nitrogen and oxygen atoms in total. The van der Waals surface area contributed by atoms with Crippen LogP contribution in [0.15, 0.2) is 87.1 Å². The van der Waals surface area contributed by atoms with E-state index in [2.05, 4.69) is 82.3 Å². The number of ketones is 1. The molecule has 5 aliphatic heterocycles. The Hall–Kier alpha value is -6.53. The molecule has 2 aromatic carbocycles. The van der Waals surface area contributed by atoms with Crippen LogP contribution in [0.5, 0.6) is 17.2 Å². The highest BCUT2D eigenvalue weighted by Gasteiger charge is 2.50. The molecule has 1 fully saturated rings. The van der Waals surface area contributed by atoms with E-state index in [4.69, 9.17) is 51.2 Å². The monoisotopic (exact) mass is 1270 g/mol. The molecular formula is C60H75N7O16P4. The molecule has 5 bridgehead atoms. The average molecular weight is 1270 g/mol. The van der Waals surface area contributed by atoms with E-state index in [-0.39, 0.29) is 78.6 Å². The Balaban J connectivity index is 1.34. The minimum Gasteiger partial charge on any atom is -0.479 e. The summed E-state index contributed by atoms with van der Waals surface area (Å²) in [4.78, 5) is 99.2. The van der Waals surface area contributed by atoms with Crippen molar-refractivity contribution in [2.45, 2.75) is 99.4 Å². The van der Waals surface area contributed by atoms with Crippen molar-refractivity contribution < 1.29 is 70.2 Å². The highest BCUT2D eigenvalue weighted by atomic mass is 31.0. The standard InChI is InChI=1S/C60H75N7O16P4/c1-29(2)27-66-20-22-67(23-21-66)39-25-41-46(42(26-39)80-84)62-47-43-44-49(69)48(55(47)78-41)63-57(71)38(28-75-59(73)35(8)64-65-58(72)37-15-18-61-19-16-37)14-12-13-30(3)50(81-85)32(5)52(82-86)33(6)51(77-36(9)68)31(4)40(74-11)17-24-76-60(10)56(70)45(43)53(79-60)34(7)54(44)83-87/h12-19,24-26,29-33,40,50-52H,20-23,27-28,84-87H2,1-11H3,(H,63,71)(H,65,72)/b13-12+,24-17+,38-14-,64-35?. The summed E-state index contributed by atoms with van der Waals surface area (Å²) >= 11 is 0. The predicted octanol–water partition coefficient (Wildman–Crippen LogP) is 8.71. The molecule has 27 heteroatoms. The number of hydrogen-bond donors (Lipinski definition) is 2. The van der Waals surface area contributed by atoms with E-state index in [1.807, 2.05) is 33.8 Å². The van der Waals surface area contributed by atoms with Gasteiger partial charge in [0, 0.05) is 143 Å². The number of methoxy groups -OCH3 is 1. The van der Waals surface area contributed by atoms with Gasteiger partial charge in [-0.15, -0.1) is 0 Å². The van der Waals surface area contributed by atoms with Gasteiger partial charge in [-0.1, -0.05) is 59.8 Å². The van der Waals surface area contributed by atoms with Crippen molar-refractivity contribution in [3.63, 3.8) is 0 Å². The van der Waals surface area contributed by atoms with Crippen LogP contribution in [-0.4, -0.2) is 127 Å². The predicted molar refractivity (Wildman–Crippen MR) is 341 cm³/mol. The van der Waals surface area contributed by atoms with Crippen LogP contribution in [-0.2, 0) is 42.4 Å². The van der Waals surface area contributed by atoms with Crippen molar-refractivity contribution in [1.29, 1.82) is 0 Å². The molecule has 9 rings (SSSR count). The lowest BCUT2D eigenvalue weighted by molar-refractivity contribution is -0.159. The number of rotatable bonds is 14. The number of ether oxygens (including phenoxy) is 5. The van der Waals surface area contributed by atoms with Crippen LogP contribution in [0.2, 0.25) is 0 Å². The molecule has 13 unspecified atom stereocenters. The van der Waals surface area contributed by atoms with E-state index < -0.39 is 101 Å². The van der Waals surface area contributed by atoms with E-state index in [1.165, 1.54) is 64.7 Å². The smallest absolute Gasteiger partial charge is 0.354 e. The molecule has 6 heterocycles. The SMILES string of the molecule is COC1/C=C/OC2(C)Oc3c(C)c(OP)c4c(=O)c(c5oc6cc(N7CCN(CC(C)C)CC7)cc(OP)c6nc-5c4c3C2=O)NC(=O)/C(COC(=O)C(C)=NNC(=O)c2ccncc2)=C\C=C\C(C)C(OP)C(C)C(OP)C(C)C(OC(C)=O)C1C. The summed E-state index contributed by atoms with van der Waals surface area (Å²) in [6.45, 7) is 20.8. The molecule has 1 aliphatic carbocycles. The maximum atomic E-state index is 15.7. The summed E-state index contributed by atoms with van der Waals surface area (Å²) in [6, 6.07) is 6.54. The number of benzene rings is 3.